The number of alkyl halides is 2. The summed E-state index contributed by atoms with van der Waals surface area (Å²) >= 11 is 0. The van der Waals surface area contributed by atoms with Crippen LogP contribution >= 0.6 is 0 Å². The van der Waals surface area contributed by atoms with Gasteiger partial charge in [0.15, 0.2) is 0 Å². The van der Waals surface area contributed by atoms with Gasteiger partial charge in [-0.1, -0.05) is 24.3 Å². The molecule has 1 aliphatic heterocycles. The predicted octanol–water partition coefficient (Wildman–Crippen LogP) is 4.93. The van der Waals surface area contributed by atoms with Crippen molar-refractivity contribution >= 4 is 17.1 Å². The number of nitrogens with one attached hydrogen (secondary N) is 1. The van der Waals surface area contributed by atoms with E-state index in [9.17, 15) is 18.7 Å². The third-order valence-corrected chi connectivity index (χ3v) is 4.74. The van der Waals surface area contributed by atoms with E-state index in [4.69, 9.17) is 4.42 Å². The summed E-state index contributed by atoms with van der Waals surface area (Å²) in [6, 6.07) is 14.6. The van der Waals surface area contributed by atoms with E-state index in [1.165, 1.54) is 18.2 Å². The van der Waals surface area contributed by atoms with Crippen LogP contribution in [0.2, 0.25) is 0 Å². The number of aryl methyl sites for hydroxylation is 1. The zero-order valence-electron chi connectivity index (χ0n) is 15.9. The SMILES string of the molecule is Cc1cc(O)c(C2=Nc3ccccc3N[C@@H](c3ccc(OC(F)F)cc3)C2)c(=O)o1. The summed E-state index contributed by atoms with van der Waals surface area (Å²) in [6.07, 6.45) is 0.255. The summed E-state index contributed by atoms with van der Waals surface area (Å²) in [5.74, 6) is 0.134. The Kier molecular flexibility index (Phi) is 5.22. The van der Waals surface area contributed by atoms with Gasteiger partial charge in [-0.3, -0.25) is 4.99 Å². The number of anilines is 1. The Morgan fingerprint density at radius 1 is 1.20 bits per heavy atom. The fraction of sp³-hybridized carbons (Fsp3) is 0.182. The van der Waals surface area contributed by atoms with Crippen molar-refractivity contribution in [3.8, 4) is 11.5 Å². The van der Waals surface area contributed by atoms with Crippen LogP contribution in [-0.4, -0.2) is 17.4 Å². The first-order valence-corrected chi connectivity index (χ1v) is 9.22. The van der Waals surface area contributed by atoms with Gasteiger partial charge >= 0.3 is 12.2 Å². The van der Waals surface area contributed by atoms with Crippen molar-refractivity contribution in [2.24, 2.45) is 4.99 Å². The van der Waals surface area contributed by atoms with Crippen molar-refractivity contribution < 1.29 is 23.0 Å². The molecule has 0 aliphatic carbocycles. The first kappa shape index (κ1) is 19.6. The van der Waals surface area contributed by atoms with Crippen molar-refractivity contribution in [1.29, 1.82) is 0 Å². The molecule has 1 aromatic heterocycles. The molecule has 0 fully saturated rings. The van der Waals surface area contributed by atoms with Crippen LogP contribution in [0.25, 0.3) is 0 Å². The van der Waals surface area contributed by atoms with Gasteiger partial charge < -0.3 is 19.6 Å². The van der Waals surface area contributed by atoms with Gasteiger partial charge in [0.05, 0.1) is 23.1 Å². The highest BCUT2D eigenvalue weighted by Crippen LogP contribution is 2.36. The lowest BCUT2D eigenvalue weighted by Crippen LogP contribution is -2.20. The molecule has 4 rings (SSSR count). The van der Waals surface area contributed by atoms with Gasteiger partial charge in [0.2, 0.25) is 0 Å². The maximum Gasteiger partial charge on any atom is 0.387 e. The zero-order valence-corrected chi connectivity index (χ0v) is 15.9. The first-order chi connectivity index (χ1) is 14.4. The van der Waals surface area contributed by atoms with Crippen LogP contribution in [0.15, 0.2) is 68.8 Å². The molecule has 8 heteroatoms. The van der Waals surface area contributed by atoms with Gasteiger partial charge in [-0.05, 0) is 36.8 Å². The standard InChI is InChI=1S/C22H18F2N2O4/c1-12-10-19(27)20(21(28)29-12)18-11-17(25-15-4-2-3-5-16(15)26-18)13-6-8-14(9-7-13)30-22(23)24/h2-10,17,22,25,27H,11H2,1H3/t17-/m1/s1. The Labute approximate surface area is 170 Å². The molecule has 6 nitrogen and oxygen atoms in total. The zero-order chi connectivity index (χ0) is 21.3. The molecule has 30 heavy (non-hydrogen) atoms. The van der Waals surface area contributed by atoms with Crippen LogP contribution in [0.5, 0.6) is 11.5 Å². The minimum atomic E-state index is -2.90. The van der Waals surface area contributed by atoms with Gasteiger partial charge in [-0.2, -0.15) is 8.78 Å². The fourth-order valence-corrected chi connectivity index (χ4v) is 3.42. The van der Waals surface area contributed by atoms with Gasteiger partial charge in [0.25, 0.3) is 0 Å². The Balaban J connectivity index is 1.77. The molecule has 154 valence electrons. The van der Waals surface area contributed by atoms with E-state index >= 15 is 0 Å². The Morgan fingerprint density at radius 2 is 1.93 bits per heavy atom. The van der Waals surface area contributed by atoms with E-state index in [1.807, 2.05) is 18.2 Å². The Morgan fingerprint density at radius 3 is 2.63 bits per heavy atom. The van der Waals surface area contributed by atoms with Crippen LogP contribution in [0.3, 0.4) is 0 Å². The number of aliphatic imine (C=N–C) groups is 1. The summed E-state index contributed by atoms with van der Waals surface area (Å²) in [7, 11) is 0. The van der Waals surface area contributed by atoms with E-state index in [0.29, 0.717) is 17.2 Å². The molecule has 0 spiro atoms. The molecule has 0 amide bonds. The van der Waals surface area contributed by atoms with Crippen molar-refractivity contribution in [2.75, 3.05) is 5.32 Å². The minimum Gasteiger partial charge on any atom is -0.507 e. The van der Waals surface area contributed by atoms with Gasteiger partial charge in [0.1, 0.15) is 22.8 Å². The number of rotatable bonds is 4. The van der Waals surface area contributed by atoms with E-state index in [-0.39, 0.29) is 29.5 Å². The van der Waals surface area contributed by atoms with E-state index in [2.05, 4.69) is 15.0 Å². The van der Waals surface area contributed by atoms with Crippen LogP contribution in [0, 0.1) is 6.92 Å². The van der Waals surface area contributed by atoms with Crippen molar-refractivity contribution in [3.05, 3.63) is 81.9 Å². The molecule has 0 saturated carbocycles. The van der Waals surface area contributed by atoms with Crippen molar-refractivity contribution in [2.45, 2.75) is 26.0 Å². The second kappa shape index (κ2) is 7.98. The fourth-order valence-electron chi connectivity index (χ4n) is 3.42. The first-order valence-electron chi connectivity index (χ1n) is 9.22. The third-order valence-electron chi connectivity index (χ3n) is 4.74. The number of hydrogen-bond acceptors (Lipinski definition) is 6. The summed E-state index contributed by atoms with van der Waals surface area (Å²) < 4.78 is 34.4. The van der Waals surface area contributed by atoms with Crippen LogP contribution in [-0.2, 0) is 0 Å². The topological polar surface area (TPSA) is 84.1 Å². The van der Waals surface area contributed by atoms with Crippen LogP contribution in [0.4, 0.5) is 20.2 Å². The highest BCUT2D eigenvalue weighted by molar-refractivity contribution is 6.05. The maximum atomic E-state index is 12.5. The quantitative estimate of drug-likeness (QED) is 0.635. The normalized spacial score (nSPS) is 15.7. The van der Waals surface area contributed by atoms with Gasteiger partial charge in [0, 0.05) is 12.5 Å². The van der Waals surface area contributed by atoms with Crippen molar-refractivity contribution in [3.63, 3.8) is 0 Å². The molecule has 2 N–H and O–H groups in total. The molecule has 2 aromatic carbocycles. The lowest BCUT2D eigenvalue weighted by molar-refractivity contribution is -0.0498. The second-order valence-corrected chi connectivity index (χ2v) is 6.83. The van der Waals surface area contributed by atoms with E-state index in [0.717, 1.165) is 11.3 Å². The Hall–Kier alpha value is -3.68. The molecular formula is C22H18F2N2O4. The smallest absolute Gasteiger partial charge is 0.387 e. The molecule has 1 aliphatic rings. The van der Waals surface area contributed by atoms with Crippen LogP contribution in [0.1, 0.15) is 29.3 Å². The number of aromatic hydroxyl groups is 1. The largest absolute Gasteiger partial charge is 0.507 e. The third kappa shape index (κ3) is 4.03. The van der Waals surface area contributed by atoms with E-state index in [1.54, 1.807) is 25.1 Å². The second-order valence-electron chi connectivity index (χ2n) is 6.83. The number of halogens is 2. The molecule has 0 radical (unpaired) electrons. The number of hydrogen-bond donors (Lipinski definition) is 2. The van der Waals surface area contributed by atoms with Gasteiger partial charge in [-0.15, -0.1) is 0 Å². The molecule has 0 saturated heterocycles. The van der Waals surface area contributed by atoms with Crippen LogP contribution < -0.4 is 15.7 Å². The molecule has 0 unspecified atom stereocenters. The lowest BCUT2D eigenvalue weighted by Gasteiger charge is -2.19. The molecule has 0 bridgehead atoms. The monoisotopic (exact) mass is 412 g/mol. The average molecular weight is 412 g/mol. The maximum absolute atomic E-state index is 12.5. The highest BCUT2D eigenvalue weighted by atomic mass is 19.3. The number of benzene rings is 2. The highest BCUT2D eigenvalue weighted by Gasteiger charge is 2.25. The summed E-state index contributed by atoms with van der Waals surface area (Å²) in [5, 5.41) is 13.8. The van der Waals surface area contributed by atoms with E-state index < -0.39 is 12.2 Å². The summed E-state index contributed by atoms with van der Waals surface area (Å²) in [4.78, 5) is 17.1. The number of fused-ring (bicyclic) bond motifs is 1. The Bertz CT molecular complexity index is 1160. The predicted molar refractivity (Wildman–Crippen MR) is 108 cm³/mol. The number of ether oxygens (including phenoxy) is 1. The average Bonchev–Trinajstić information content (AvgIpc) is 2.87. The molecule has 2 heterocycles. The molecule has 3 aromatic rings. The summed E-state index contributed by atoms with van der Waals surface area (Å²) in [6.45, 7) is -1.33. The lowest BCUT2D eigenvalue weighted by atomic mass is 9.97. The summed E-state index contributed by atoms with van der Waals surface area (Å²) in [5.41, 5.74) is 1.80. The molecule has 1 atom stereocenters. The number of nitrogens with zero attached hydrogens (tertiary/aromatic N) is 1. The minimum absolute atomic E-state index is 0.00163. The number of para-hydroxylation sites is 2. The van der Waals surface area contributed by atoms with Crippen molar-refractivity contribution in [1.82, 2.24) is 0 Å². The van der Waals surface area contributed by atoms with Gasteiger partial charge in [-0.25, -0.2) is 4.79 Å². The molecular weight excluding hydrogens is 394 g/mol.